The molecule has 3 aliphatic rings. The van der Waals surface area contributed by atoms with E-state index in [0.29, 0.717) is 0 Å². The van der Waals surface area contributed by atoms with E-state index < -0.39 is 0 Å². The van der Waals surface area contributed by atoms with Crippen LogP contribution in [0.15, 0.2) is 0 Å². The van der Waals surface area contributed by atoms with E-state index in [1.807, 2.05) is 11.9 Å². The quantitative estimate of drug-likeness (QED) is 0.536. The van der Waals surface area contributed by atoms with Crippen molar-refractivity contribution in [2.75, 3.05) is 6.26 Å². The van der Waals surface area contributed by atoms with Crippen molar-refractivity contribution in [1.82, 2.24) is 4.31 Å². The molecule has 0 aromatic carbocycles. The normalized spacial score (nSPS) is 46.8. The van der Waals surface area contributed by atoms with Crippen molar-refractivity contribution < 1.29 is 0 Å². The highest BCUT2D eigenvalue weighted by Crippen LogP contribution is 2.44. The first-order valence-electron chi connectivity index (χ1n) is 4.15. The average molecular weight is 157 g/mol. The van der Waals surface area contributed by atoms with Crippen molar-refractivity contribution >= 4 is 11.9 Å². The van der Waals surface area contributed by atoms with E-state index in [0.717, 1.165) is 18.0 Å². The molecule has 0 aromatic heterocycles. The summed E-state index contributed by atoms with van der Waals surface area (Å²) >= 11 is 1.94. The SMILES string of the molecule is CSN1C2CCC(C)C1C2. The molecule has 0 amide bonds. The maximum Gasteiger partial charge on any atom is 0.0246 e. The lowest BCUT2D eigenvalue weighted by Gasteiger charge is -2.54. The minimum atomic E-state index is 0.925. The molecule has 10 heavy (non-hydrogen) atoms. The third-order valence-electron chi connectivity index (χ3n) is 3.02. The van der Waals surface area contributed by atoms with Crippen LogP contribution in [-0.4, -0.2) is 22.6 Å². The molecule has 3 atom stereocenters. The molecule has 1 nitrogen and oxygen atoms in total. The van der Waals surface area contributed by atoms with E-state index in [-0.39, 0.29) is 0 Å². The smallest absolute Gasteiger partial charge is 0.0246 e. The molecule has 2 heteroatoms. The second kappa shape index (κ2) is 2.42. The van der Waals surface area contributed by atoms with Crippen molar-refractivity contribution in [1.29, 1.82) is 0 Å². The maximum absolute atomic E-state index is 2.59. The topological polar surface area (TPSA) is 3.24 Å². The highest BCUT2D eigenvalue weighted by molar-refractivity contribution is 7.96. The van der Waals surface area contributed by atoms with Gasteiger partial charge in [0.1, 0.15) is 0 Å². The maximum atomic E-state index is 2.59. The van der Waals surface area contributed by atoms with Crippen LogP contribution in [0, 0.1) is 5.92 Å². The number of hydrogen-bond acceptors (Lipinski definition) is 2. The van der Waals surface area contributed by atoms with E-state index in [1.165, 1.54) is 19.3 Å². The lowest BCUT2D eigenvalue weighted by atomic mass is 9.76. The van der Waals surface area contributed by atoms with Gasteiger partial charge < -0.3 is 0 Å². The highest BCUT2D eigenvalue weighted by Gasteiger charge is 2.44. The number of rotatable bonds is 1. The van der Waals surface area contributed by atoms with Gasteiger partial charge in [-0.05, 0) is 31.4 Å². The number of nitrogens with zero attached hydrogens (tertiary/aromatic N) is 1. The minimum Gasteiger partial charge on any atom is -0.244 e. The summed E-state index contributed by atoms with van der Waals surface area (Å²) in [6, 6.07) is 1.87. The van der Waals surface area contributed by atoms with Gasteiger partial charge >= 0.3 is 0 Å². The summed E-state index contributed by atoms with van der Waals surface area (Å²) in [6.45, 7) is 2.39. The van der Waals surface area contributed by atoms with Gasteiger partial charge in [-0.1, -0.05) is 18.9 Å². The Morgan fingerprint density at radius 3 is 2.60 bits per heavy atom. The van der Waals surface area contributed by atoms with Gasteiger partial charge in [-0.25, -0.2) is 4.31 Å². The summed E-state index contributed by atoms with van der Waals surface area (Å²) in [5.74, 6) is 0.956. The van der Waals surface area contributed by atoms with Crippen LogP contribution < -0.4 is 0 Å². The molecule has 1 aliphatic carbocycles. The van der Waals surface area contributed by atoms with Crippen LogP contribution in [0.1, 0.15) is 26.2 Å². The van der Waals surface area contributed by atoms with Crippen molar-refractivity contribution in [3.63, 3.8) is 0 Å². The predicted octanol–water partition coefficient (Wildman–Crippen LogP) is 2.14. The summed E-state index contributed by atoms with van der Waals surface area (Å²) in [5.41, 5.74) is 0. The Morgan fingerprint density at radius 1 is 1.40 bits per heavy atom. The molecule has 0 radical (unpaired) electrons. The third kappa shape index (κ3) is 0.817. The predicted molar refractivity (Wildman–Crippen MR) is 45.9 cm³/mol. The van der Waals surface area contributed by atoms with E-state index in [2.05, 4.69) is 17.5 Å². The molecule has 0 spiro atoms. The molecule has 3 fully saturated rings. The van der Waals surface area contributed by atoms with Crippen LogP contribution in [0.5, 0.6) is 0 Å². The molecule has 0 N–H and O–H groups in total. The molecule has 0 aromatic rings. The van der Waals surface area contributed by atoms with Gasteiger partial charge in [0, 0.05) is 12.1 Å². The second-order valence-corrected chi connectivity index (χ2v) is 4.34. The molecule has 3 unspecified atom stereocenters. The van der Waals surface area contributed by atoms with Crippen molar-refractivity contribution in [3.8, 4) is 0 Å². The molecule has 3 rings (SSSR count). The third-order valence-corrected chi connectivity index (χ3v) is 4.01. The van der Waals surface area contributed by atoms with Crippen molar-refractivity contribution in [2.24, 2.45) is 5.92 Å². The van der Waals surface area contributed by atoms with Crippen LogP contribution in [0.25, 0.3) is 0 Å². The van der Waals surface area contributed by atoms with Gasteiger partial charge in [0.25, 0.3) is 0 Å². The molecular weight excluding hydrogens is 142 g/mol. The van der Waals surface area contributed by atoms with E-state index in [9.17, 15) is 0 Å². The molecule has 2 heterocycles. The molecule has 2 aliphatic heterocycles. The summed E-state index contributed by atoms with van der Waals surface area (Å²) in [5, 5.41) is 0. The van der Waals surface area contributed by atoms with Crippen LogP contribution in [0.4, 0.5) is 0 Å². The average Bonchev–Trinajstić information content (AvgIpc) is 1.87. The summed E-state index contributed by atoms with van der Waals surface area (Å²) in [7, 11) is 0. The Balaban J connectivity index is 2.01. The lowest BCUT2D eigenvalue weighted by molar-refractivity contribution is 0.0238. The standard InChI is InChI=1S/C8H15NS/c1-6-3-4-7-5-8(6)9(7)10-2/h6-8H,3-5H2,1-2H3. The van der Waals surface area contributed by atoms with Crippen LogP contribution in [-0.2, 0) is 0 Å². The van der Waals surface area contributed by atoms with Gasteiger partial charge in [-0.3, -0.25) is 0 Å². The molecule has 1 saturated carbocycles. The van der Waals surface area contributed by atoms with Gasteiger partial charge in [-0.15, -0.1) is 0 Å². The fourth-order valence-electron chi connectivity index (χ4n) is 2.28. The Bertz CT molecular complexity index is 133. The molecule has 2 saturated heterocycles. The highest BCUT2D eigenvalue weighted by atomic mass is 32.2. The van der Waals surface area contributed by atoms with Gasteiger partial charge in [0.05, 0.1) is 0 Å². The first kappa shape index (κ1) is 6.99. The summed E-state index contributed by atoms with van der Waals surface area (Å²) in [6.07, 6.45) is 6.59. The summed E-state index contributed by atoms with van der Waals surface area (Å²) < 4.78 is 2.59. The Labute approximate surface area is 67.3 Å². The van der Waals surface area contributed by atoms with Crippen LogP contribution in [0.2, 0.25) is 0 Å². The van der Waals surface area contributed by atoms with Crippen LogP contribution in [0.3, 0.4) is 0 Å². The molecular formula is C8H15NS. The monoisotopic (exact) mass is 157 g/mol. The zero-order chi connectivity index (χ0) is 7.14. The largest absolute Gasteiger partial charge is 0.244 e. The van der Waals surface area contributed by atoms with Crippen molar-refractivity contribution in [2.45, 2.75) is 38.3 Å². The molecule has 2 bridgehead atoms. The zero-order valence-electron chi connectivity index (χ0n) is 6.71. The Kier molecular flexibility index (Phi) is 1.69. The zero-order valence-corrected chi connectivity index (χ0v) is 7.53. The Morgan fingerprint density at radius 2 is 2.20 bits per heavy atom. The Hall–Kier alpha value is 0.310. The first-order valence-corrected chi connectivity index (χ1v) is 5.33. The van der Waals surface area contributed by atoms with Crippen LogP contribution >= 0.6 is 11.9 Å². The fourth-order valence-corrected chi connectivity index (χ4v) is 3.33. The van der Waals surface area contributed by atoms with E-state index >= 15 is 0 Å². The van der Waals surface area contributed by atoms with Gasteiger partial charge in [-0.2, -0.15) is 0 Å². The van der Waals surface area contributed by atoms with E-state index in [1.54, 1.807) is 0 Å². The van der Waals surface area contributed by atoms with E-state index in [4.69, 9.17) is 0 Å². The molecule has 58 valence electrons. The van der Waals surface area contributed by atoms with Gasteiger partial charge in [0.2, 0.25) is 0 Å². The number of hydrogen-bond donors (Lipinski definition) is 0. The summed E-state index contributed by atoms with van der Waals surface area (Å²) in [4.78, 5) is 0. The fraction of sp³-hybridized carbons (Fsp3) is 1.00. The van der Waals surface area contributed by atoms with Crippen molar-refractivity contribution in [3.05, 3.63) is 0 Å². The number of piperidine rings is 1. The first-order chi connectivity index (χ1) is 4.83. The second-order valence-electron chi connectivity index (χ2n) is 3.55. The van der Waals surface area contributed by atoms with Gasteiger partial charge in [0.15, 0.2) is 0 Å². The minimum absolute atomic E-state index is 0.925. The number of fused-ring (bicyclic) bond motifs is 2. The lowest BCUT2D eigenvalue weighted by Crippen LogP contribution is -2.58.